The van der Waals surface area contributed by atoms with Gasteiger partial charge in [-0.05, 0) is 48.3 Å². The Morgan fingerprint density at radius 3 is 2.49 bits per heavy atom. The van der Waals surface area contributed by atoms with Crippen LogP contribution in [0.2, 0.25) is 0 Å². The highest BCUT2D eigenvalue weighted by Gasteiger charge is 2.31. The Morgan fingerprint density at radius 2 is 1.83 bits per heavy atom. The minimum Gasteiger partial charge on any atom is -0.507 e. The first kappa shape index (κ1) is 26.0. The molecule has 0 aliphatic rings. The first-order valence-corrected chi connectivity index (χ1v) is 12.0. The molecule has 0 radical (unpaired) electrons. The molecule has 1 heterocycles. The van der Waals surface area contributed by atoms with Crippen molar-refractivity contribution >= 4 is 22.9 Å². The summed E-state index contributed by atoms with van der Waals surface area (Å²) in [6.45, 7) is 7.76. The zero-order chi connectivity index (χ0) is 25.6. The second kappa shape index (κ2) is 11.2. The van der Waals surface area contributed by atoms with E-state index in [9.17, 15) is 14.7 Å². The predicted octanol–water partition coefficient (Wildman–Crippen LogP) is 5.19. The molecule has 0 aliphatic carbocycles. The monoisotopic (exact) mass is 477 g/mol. The lowest BCUT2D eigenvalue weighted by Crippen LogP contribution is -2.52. The standard InChI is InChI=1S/C28H35N3O4/c1-18(17-35-27(34)31-25(26(29)33)28(2,3)4)9-8-10-19-13-14-22-21(15-19)24(32)16-23(30-22)20-11-6-5-7-12-20/h5-7,11-16,18,25H,8-10,17H2,1-4H3,(H2,29,33)(H,30,32)(H,31,34)/t18?,25-/m1/s1. The van der Waals surface area contributed by atoms with Gasteiger partial charge in [-0.3, -0.25) is 4.79 Å². The summed E-state index contributed by atoms with van der Waals surface area (Å²) in [6, 6.07) is 16.7. The normalized spacial score (nSPS) is 13.3. The molecule has 0 spiro atoms. The summed E-state index contributed by atoms with van der Waals surface area (Å²) < 4.78 is 5.30. The summed E-state index contributed by atoms with van der Waals surface area (Å²) in [5.41, 5.74) is 8.47. The van der Waals surface area contributed by atoms with Gasteiger partial charge in [0.25, 0.3) is 0 Å². The molecule has 3 aromatic rings. The molecule has 186 valence electrons. The average molecular weight is 478 g/mol. The lowest BCUT2D eigenvalue weighted by Gasteiger charge is -2.28. The summed E-state index contributed by atoms with van der Waals surface area (Å²) in [4.78, 5) is 28.4. The SMILES string of the molecule is CC(CCCc1ccc2nc(-c3ccccc3)cc(O)c2c1)COC(=O)N[C@H](C(N)=O)C(C)(C)C. The van der Waals surface area contributed by atoms with E-state index in [4.69, 9.17) is 15.5 Å². The van der Waals surface area contributed by atoms with Crippen molar-refractivity contribution in [3.05, 3.63) is 60.2 Å². The second-order valence-electron chi connectivity index (χ2n) is 10.2. The quantitative estimate of drug-likeness (QED) is 0.392. The van der Waals surface area contributed by atoms with Crippen molar-refractivity contribution in [3.63, 3.8) is 0 Å². The minimum absolute atomic E-state index is 0.159. The third-order valence-corrected chi connectivity index (χ3v) is 5.99. The van der Waals surface area contributed by atoms with Crippen molar-refractivity contribution in [1.82, 2.24) is 10.3 Å². The number of aromatic nitrogens is 1. The molecule has 7 heteroatoms. The van der Waals surface area contributed by atoms with Crippen molar-refractivity contribution in [2.45, 2.75) is 53.0 Å². The fourth-order valence-electron chi connectivity index (χ4n) is 4.00. The Bertz CT molecular complexity index is 1170. The van der Waals surface area contributed by atoms with E-state index in [2.05, 4.69) is 5.32 Å². The van der Waals surface area contributed by atoms with Crippen LogP contribution < -0.4 is 11.1 Å². The zero-order valence-corrected chi connectivity index (χ0v) is 20.9. The molecule has 3 rings (SSSR count). The third-order valence-electron chi connectivity index (χ3n) is 5.99. The average Bonchev–Trinajstić information content (AvgIpc) is 2.81. The number of alkyl carbamates (subject to hydrolysis) is 1. The molecule has 1 unspecified atom stereocenters. The van der Waals surface area contributed by atoms with Crippen LogP contribution >= 0.6 is 0 Å². The number of aryl methyl sites for hydroxylation is 1. The first-order chi connectivity index (χ1) is 16.5. The molecular formula is C28H35N3O4. The molecule has 0 saturated carbocycles. The fourth-order valence-corrected chi connectivity index (χ4v) is 4.00. The smallest absolute Gasteiger partial charge is 0.407 e. The molecule has 2 aromatic carbocycles. The van der Waals surface area contributed by atoms with E-state index in [-0.39, 0.29) is 18.3 Å². The van der Waals surface area contributed by atoms with Crippen LogP contribution in [0.25, 0.3) is 22.2 Å². The van der Waals surface area contributed by atoms with Crippen LogP contribution in [0.5, 0.6) is 5.75 Å². The number of hydrogen-bond donors (Lipinski definition) is 3. The number of pyridine rings is 1. The molecule has 2 amide bonds. The Labute approximate surface area is 206 Å². The van der Waals surface area contributed by atoms with Gasteiger partial charge in [0.05, 0.1) is 17.8 Å². The number of benzene rings is 2. The number of nitrogens with zero attached hydrogens (tertiary/aromatic N) is 1. The van der Waals surface area contributed by atoms with Gasteiger partial charge in [0.2, 0.25) is 5.91 Å². The Hall–Kier alpha value is -3.61. The summed E-state index contributed by atoms with van der Waals surface area (Å²) in [5, 5.41) is 13.9. The second-order valence-corrected chi connectivity index (χ2v) is 10.2. The third kappa shape index (κ3) is 7.18. The molecule has 4 N–H and O–H groups in total. The number of fused-ring (bicyclic) bond motifs is 1. The van der Waals surface area contributed by atoms with Gasteiger partial charge in [-0.15, -0.1) is 0 Å². The van der Waals surface area contributed by atoms with E-state index in [0.29, 0.717) is 0 Å². The van der Waals surface area contributed by atoms with E-state index < -0.39 is 23.5 Å². The highest BCUT2D eigenvalue weighted by molar-refractivity contribution is 5.88. The van der Waals surface area contributed by atoms with Gasteiger partial charge in [-0.25, -0.2) is 9.78 Å². The van der Waals surface area contributed by atoms with E-state index in [1.807, 2.05) is 76.2 Å². The first-order valence-electron chi connectivity index (χ1n) is 12.0. The molecular weight excluding hydrogens is 442 g/mol. The molecule has 35 heavy (non-hydrogen) atoms. The lowest BCUT2D eigenvalue weighted by molar-refractivity contribution is -0.122. The molecule has 0 aliphatic heterocycles. The maximum atomic E-state index is 12.1. The lowest BCUT2D eigenvalue weighted by atomic mass is 9.86. The van der Waals surface area contributed by atoms with Crippen LogP contribution in [-0.4, -0.2) is 34.7 Å². The number of nitrogens with one attached hydrogen (secondary N) is 1. The maximum absolute atomic E-state index is 12.1. The Morgan fingerprint density at radius 1 is 1.11 bits per heavy atom. The van der Waals surface area contributed by atoms with Crippen molar-refractivity contribution in [1.29, 1.82) is 0 Å². The minimum atomic E-state index is -0.798. The Kier molecular flexibility index (Phi) is 8.33. The van der Waals surface area contributed by atoms with E-state index in [1.54, 1.807) is 6.07 Å². The predicted molar refractivity (Wildman–Crippen MR) is 138 cm³/mol. The van der Waals surface area contributed by atoms with Gasteiger partial charge < -0.3 is 20.9 Å². The topological polar surface area (TPSA) is 115 Å². The van der Waals surface area contributed by atoms with Gasteiger partial charge >= 0.3 is 6.09 Å². The van der Waals surface area contributed by atoms with Crippen LogP contribution in [-0.2, 0) is 16.0 Å². The highest BCUT2D eigenvalue weighted by Crippen LogP contribution is 2.30. The molecule has 7 nitrogen and oxygen atoms in total. The fraction of sp³-hybridized carbons (Fsp3) is 0.393. The summed E-state index contributed by atoms with van der Waals surface area (Å²) in [5.74, 6) is -0.213. The number of rotatable bonds is 9. The van der Waals surface area contributed by atoms with Crippen molar-refractivity contribution in [3.8, 4) is 17.0 Å². The van der Waals surface area contributed by atoms with Crippen molar-refractivity contribution in [2.24, 2.45) is 17.1 Å². The zero-order valence-electron chi connectivity index (χ0n) is 20.9. The van der Waals surface area contributed by atoms with Gasteiger partial charge in [0.1, 0.15) is 11.8 Å². The van der Waals surface area contributed by atoms with E-state index >= 15 is 0 Å². The molecule has 0 saturated heterocycles. The Balaban J connectivity index is 1.51. The van der Waals surface area contributed by atoms with Gasteiger partial charge in [0, 0.05) is 17.0 Å². The number of nitrogens with two attached hydrogens (primary N) is 1. The summed E-state index contributed by atoms with van der Waals surface area (Å²) >= 11 is 0. The summed E-state index contributed by atoms with van der Waals surface area (Å²) in [6.07, 6.45) is 1.96. The highest BCUT2D eigenvalue weighted by atomic mass is 16.5. The largest absolute Gasteiger partial charge is 0.507 e. The van der Waals surface area contributed by atoms with Crippen LogP contribution in [0.1, 0.15) is 46.1 Å². The number of aromatic hydroxyl groups is 1. The van der Waals surface area contributed by atoms with Crippen LogP contribution in [0.3, 0.4) is 0 Å². The summed E-state index contributed by atoms with van der Waals surface area (Å²) in [7, 11) is 0. The number of carbonyl (C=O) groups excluding carboxylic acids is 2. The van der Waals surface area contributed by atoms with E-state index in [0.717, 1.165) is 47.0 Å². The van der Waals surface area contributed by atoms with Crippen molar-refractivity contribution < 1.29 is 19.4 Å². The number of ether oxygens (including phenoxy) is 1. The maximum Gasteiger partial charge on any atom is 0.407 e. The van der Waals surface area contributed by atoms with Crippen molar-refractivity contribution in [2.75, 3.05) is 6.61 Å². The number of carbonyl (C=O) groups is 2. The van der Waals surface area contributed by atoms with Gasteiger partial charge in [-0.2, -0.15) is 0 Å². The number of hydrogen-bond acceptors (Lipinski definition) is 5. The molecule has 0 bridgehead atoms. The number of amides is 2. The molecule has 1 aromatic heterocycles. The molecule has 0 fully saturated rings. The van der Waals surface area contributed by atoms with Crippen LogP contribution in [0.4, 0.5) is 4.79 Å². The van der Waals surface area contributed by atoms with Crippen LogP contribution in [0, 0.1) is 11.3 Å². The number of primary amides is 1. The van der Waals surface area contributed by atoms with E-state index in [1.165, 1.54) is 0 Å². The van der Waals surface area contributed by atoms with Crippen LogP contribution in [0.15, 0.2) is 54.6 Å². The van der Waals surface area contributed by atoms with Gasteiger partial charge in [0.15, 0.2) is 0 Å². The van der Waals surface area contributed by atoms with Gasteiger partial charge in [-0.1, -0.05) is 64.1 Å². The molecule has 2 atom stereocenters.